The normalized spacial score (nSPS) is 21.7. The van der Waals surface area contributed by atoms with Gasteiger partial charge >= 0.3 is 5.97 Å². The molecule has 0 bridgehead atoms. The van der Waals surface area contributed by atoms with Crippen LogP contribution in [0.2, 0.25) is 0 Å². The molecule has 1 amide bonds. The van der Waals surface area contributed by atoms with Crippen LogP contribution in [0.5, 0.6) is 0 Å². The molecule has 0 radical (unpaired) electrons. The summed E-state index contributed by atoms with van der Waals surface area (Å²) in [7, 11) is 0. The Kier molecular flexibility index (Phi) is 5.10. The van der Waals surface area contributed by atoms with Crippen molar-refractivity contribution in [3.8, 4) is 0 Å². The smallest absolute Gasteiger partial charge is 0.339 e. The number of esters is 1. The molecule has 2 aromatic rings. The number of aryl methyl sites for hydroxylation is 1. The van der Waals surface area contributed by atoms with Crippen molar-refractivity contribution in [3.05, 3.63) is 41.1 Å². The number of ether oxygens (including phenoxy) is 1. The first-order chi connectivity index (χ1) is 13.1. The number of hydrogen-bond donors (Lipinski definition) is 1. The summed E-state index contributed by atoms with van der Waals surface area (Å²) in [6.07, 6.45) is 7.24. The molecule has 0 saturated heterocycles. The monoisotopic (exact) mass is 366 g/mol. The zero-order chi connectivity index (χ0) is 18.8. The van der Waals surface area contributed by atoms with Crippen LogP contribution >= 0.6 is 0 Å². The Hall–Kier alpha value is -2.43. The molecular weight excluding hydrogens is 340 g/mol. The van der Waals surface area contributed by atoms with Gasteiger partial charge in [-0.25, -0.2) is 4.79 Å². The fraction of sp³-hybridized carbons (Fsp3) is 0.500. The Balaban J connectivity index is 1.48. The number of carbonyl (C=O) groups is 2. The highest BCUT2D eigenvalue weighted by Crippen LogP contribution is 2.30. The van der Waals surface area contributed by atoms with Crippen LogP contribution in [-0.4, -0.2) is 29.5 Å². The maximum atomic E-state index is 12.8. The molecule has 2 aliphatic carbocycles. The van der Waals surface area contributed by atoms with Gasteiger partial charge in [0.25, 0.3) is 5.91 Å². The van der Waals surface area contributed by atoms with Crippen molar-refractivity contribution in [2.75, 3.05) is 6.61 Å². The summed E-state index contributed by atoms with van der Waals surface area (Å²) in [6.45, 7) is 1.94. The van der Waals surface area contributed by atoms with Crippen LogP contribution in [0.3, 0.4) is 0 Å². The predicted molar refractivity (Wildman–Crippen MR) is 104 cm³/mol. The molecule has 142 valence electrons. The number of nitrogens with zero attached hydrogens (tertiary/aromatic N) is 1. The van der Waals surface area contributed by atoms with Gasteiger partial charge in [0.05, 0.1) is 11.1 Å². The summed E-state index contributed by atoms with van der Waals surface area (Å²) >= 11 is 0. The van der Waals surface area contributed by atoms with Gasteiger partial charge in [-0.3, -0.25) is 9.78 Å². The lowest BCUT2D eigenvalue weighted by atomic mass is 9.86. The maximum absolute atomic E-state index is 12.8. The van der Waals surface area contributed by atoms with Gasteiger partial charge in [0, 0.05) is 17.1 Å². The quantitative estimate of drug-likeness (QED) is 0.840. The number of aromatic nitrogens is 1. The highest BCUT2D eigenvalue weighted by Gasteiger charge is 2.26. The molecular formula is C22H26N2O3. The van der Waals surface area contributed by atoms with Crippen LogP contribution in [-0.2, 0) is 22.4 Å². The predicted octanol–water partition coefficient (Wildman–Crippen LogP) is 3.58. The third-order valence-corrected chi connectivity index (χ3v) is 5.92. The van der Waals surface area contributed by atoms with Gasteiger partial charge in [-0.1, -0.05) is 38.0 Å². The van der Waals surface area contributed by atoms with E-state index in [1.165, 1.54) is 6.42 Å². The zero-order valence-electron chi connectivity index (χ0n) is 15.8. The molecule has 2 atom stereocenters. The van der Waals surface area contributed by atoms with E-state index in [2.05, 4.69) is 12.2 Å². The average Bonchev–Trinajstić information content (AvgIpc) is 3.14. The Morgan fingerprint density at radius 2 is 1.96 bits per heavy atom. The van der Waals surface area contributed by atoms with Crippen molar-refractivity contribution in [2.45, 2.75) is 57.9 Å². The summed E-state index contributed by atoms with van der Waals surface area (Å²) in [5.41, 5.74) is 3.37. The highest BCUT2D eigenvalue weighted by atomic mass is 16.5. The molecule has 27 heavy (non-hydrogen) atoms. The van der Waals surface area contributed by atoms with Crippen molar-refractivity contribution in [1.29, 1.82) is 0 Å². The first kappa shape index (κ1) is 18.0. The second kappa shape index (κ2) is 7.67. The Morgan fingerprint density at radius 3 is 2.81 bits per heavy atom. The Bertz CT molecular complexity index is 877. The molecule has 2 aliphatic rings. The number of carbonyl (C=O) groups excluding carboxylic acids is 2. The van der Waals surface area contributed by atoms with E-state index in [1.54, 1.807) is 0 Å². The molecule has 5 nitrogen and oxygen atoms in total. The topological polar surface area (TPSA) is 68.3 Å². The molecule has 1 aromatic heterocycles. The molecule has 1 saturated carbocycles. The molecule has 1 heterocycles. The highest BCUT2D eigenvalue weighted by molar-refractivity contribution is 6.05. The second-order valence-electron chi connectivity index (χ2n) is 7.79. The van der Waals surface area contributed by atoms with Crippen LogP contribution in [0.1, 0.15) is 60.6 Å². The maximum Gasteiger partial charge on any atom is 0.339 e. The second-order valence-corrected chi connectivity index (χ2v) is 7.79. The Labute approximate surface area is 159 Å². The molecule has 0 aliphatic heterocycles. The van der Waals surface area contributed by atoms with Gasteiger partial charge in [-0.15, -0.1) is 0 Å². The van der Waals surface area contributed by atoms with Crippen molar-refractivity contribution in [3.63, 3.8) is 0 Å². The van der Waals surface area contributed by atoms with E-state index in [1.807, 2.05) is 24.3 Å². The summed E-state index contributed by atoms with van der Waals surface area (Å²) in [5, 5.41) is 3.85. The van der Waals surface area contributed by atoms with Crippen molar-refractivity contribution in [2.24, 2.45) is 5.92 Å². The van der Waals surface area contributed by atoms with E-state index >= 15 is 0 Å². The molecule has 0 spiro atoms. The number of rotatable bonds is 4. The van der Waals surface area contributed by atoms with Gasteiger partial charge in [0.15, 0.2) is 6.61 Å². The SMILES string of the molecule is C[C@@H]1CCCC[C@@H]1NC(=O)COC(=O)c1c2c(nc3ccccc13)CCC2. The van der Waals surface area contributed by atoms with Crippen molar-refractivity contribution >= 4 is 22.8 Å². The van der Waals surface area contributed by atoms with Gasteiger partial charge in [0.2, 0.25) is 0 Å². The van der Waals surface area contributed by atoms with E-state index < -0.39 is 5.97 Å². The summed E-state index contributed by atoms with van der Waals surface area (Å²) in [6, 6.07) is 7.84. The lowest BCUT2D eigenvalue weighted by Gasteiger charge is -2.29. The lowest BCUT2D eigenvalue weighted by molar-refractivity contribution is -0.125. The Morgan fingerprint density at radius 1 is 1.15 bits per heavy atom. The van der Waals surface area contributed by atoms with E-state index in [0.29, 0.717) is 11.5 Å². The number of fused-ring (bicyclic) bond motifs is 2. The van der Waals surface area contributed by atoms with Gasteiger partial charge < -0.3 is 10.1 Å². The summed E-state index contributed by atoms with van der Waals surface area (Å²) < 4.78 is 5.42. The van der Waals surface area contributed by atoms with Crippen LogP contribution in [0.15, 0.2) is 24.3 Å². The first-order valence-electron chi connectivity index (χ1n) is 10.0. The number of amides is 1. The summed E-state index contributed by atoms with van der Waals surface area (Å²) in [4.78, 5) is 29.8. The minimum Gasteiger partial charge on any atom is -0.452 e. The number of para-hydroxylation sites is 1. The van der Waals surface area contributed by atoms with Crippen molar-refractivity contribution in [1.82, 2.24) is 10.3 Å². The molecule has 5 heteroatoms. The van der Waals surface area contributed by atoms with Gasteiger partial charge in [-0.05, 0) is 49.7 Å². The van der Waals surface area contributed by atoms with Crippen molar-refractivity contribution < 1.29 is 14.3 Å². The van der Waals surface area contributed by atoms with E-state index in [-0.39, 0.29) is 18.6 Å². The lowest BCUT2D eigenvalue weighted by Crippen LogP contribution is -2.42. The van der Waals surface area contributed by atoms with E-state index in [0.717, 1.165) is 60.7 Å². The fourth-order valence-corrected chi connectivity index (χ4v) is 4.43. The number of nitrogens with one attached hydrogen (secondary N) is 1. The number of pyridine rings is 1. The zero-order valence-corrected chi connectivity index (χ0v) is 15.8. The standard InChI is InChI=1S/C22H26N2O3/c1-14-7-2-4-10-17(14)24-20(25)13-27-22(26)21-15-8-3-5-11-18(15)23-19-12-6-9-16(19)21/h3,5,8,11,14,17H,2,4,6-7,9-10,12-13H2,1H3,(H,24,25)/t14-,17+/m1/s1. The van der Waals surface area contributed by atoms with Gasteiger partial charge in [-0.2, -0.15) is 0 Å². The minimum atomic E-state index is -0.418. The van der Waals surface area contributed by atoms with E-state index in [9.17, 15) is 9.59 Å². The van der Waals surface area contributed by atoms with Crippen LogP contribution in [0.25, 0.3) is 10.9 Å². The summed E-state index contributed by atoms with van der Waals surface area (Å²) in [5.74, 6) is -0.151. The van der Waals surface area contributed by atoms with Crippen LogP contribution < -0.4 is 5.32 Å². The molecule has 4 rings (SSSR count). The van der Waals surface area contributed by atoms with Crippen LogP contribution in [0.4, 0.5) is 0 Å². The van der Waals surface area contributed by atoms with Crippen LogP contribution in [0, 0.1) is 5.92 Å². The first-order valence-corrected chi connectivity index (χ1v) is 10.0. The number of hydrogen-bond acceptors (Lipinski definition) is 4. The minimum absolute atomic E-state index is 0.191. The molecule has 1 N–H and O–H groups in total. The number of benzene rings is 1. The average molecular weight is 366 g/mol. The molecule has 1 aromatic carbocycles. The van der Waals surface area contributed by atoms with Gasteiger partial charge in [0.1, 0.15) is 0 Å². The molecule has 1 fully saturated rings. The largest absolute Gasteiger partial charge is 0.452 e. The third-order valence-electron chi connectivity index (χ3n) is 5.92. The fourth-order valence-electron chi connectivity index (χ4n) is 4.43. The molecule has 0 unspecified atom stereocenters. The third kappa shape index (κ3) is 3.68. The van der Waals surface area contributed by atoms with E-state index in [4.69, 9.17) is 9.72 Å².